The van der Waals surface area contributed by atoms with Crippen molar-refractivity contribution < 1.29 is 19.1 Å². The van der Waals surface area contributed by atoms with Crippen LogP contribution in [-0.2, 0) is 19.1 Å². The lowest BCUT2D eigenvalue weighted by Gasteiger charge is -2.22. The molecule has 0 heterocycles. The number of esters is 2. The molecule has 0 saturated heterocycles. The van der Waals surface area contributed by atoms with Gasteiger partial charge in [-0.25, -0.2) is 4.79 Å². The van der Waals surface area contributed by atoms with Crippen LogP contribution in [0.3, 0.4) is 0 Å². The van der Waals surface area contributed by atoms with E-state index in [9.17, 15) is 9.59 Å². The number of carbonyl (C=O) groups is 2. The number of ether oxygens (including phenoxy) is 2. The highest BCUT2D eigenvalue weighted by molar-refractivity contribution is 6.67. The van der Waals surface area contributed by atoms with E-state index >= 15 is 0 Å². The van der Waals surface area contributed by atoms with Gasteiger partial charge in [0.05, 0.1) is 13.0 Å². The van der Waals surface area contributed by atoms with Gasteiger partial charge in [0.25, 0.3) is 0 Å². The van der Waals surface area contributed by atoms with E-state index in [2.05, 4.69) is 4.74 Å². The molecule has 1 atom stereocenters. The Labute approximate surface area is 120 Å². The van der Waals surface area contributed by atoms with Gasteiger partial charge < -0.3 is 9.47 Å². The molecule has 0 bridgehead atoms. The molecule has 0 aromatic carbocycles. The molecule has 0 aliphatic heterocycles. The quantitative estimate of drug-likeness (QED) is 0.593. The molecule has 1 aliphatic rings. The molecule has 0 N–H and O–H groups in total. The third kappa shape index (κ3) is 4.67. The molecule has 0 saturated carbocycles. The maximum atomic E-state index is 11.8. The van der Waals surface area contributed by atoms with Gasteiger partial charge in [0.1, 0.15) is 6.61 Å². The van der Waals surface area contributed by atoms with Crippen molar-refractivity contribution in [2.24, 2.45) is 5.92 Å². The van der Waals surface area contributed by atoms with E-state index in [1.54, 1.807) is 6.08 Å². The van der Waals surface area contributed by atoms with Crippen molar-refractivity contribution in [3.8, 4) is 0 Å². The van der Waals surface area contributed by atoms with Gasteiger partial charge in [-0.15, -0.1) is 0 Å². The van der Waals surface area contributed by atoms with E-state index in [1.165, 1.54) is 7.11 Å². The predicted molar refractivity (Wildman–Crippen MR) is 68.7 cm³/mol. The van der Waals surface area contributed by atoms with Crippen molar-refractivity contribution >= 4 is 46.7 Å². The lowest BCUT2D eigenvalue weighted by atomic mass is 9.88. The summed E-state index contributed by atoms with van der Waals surface area (Å²) in [6.45, 7) is -0.346. The molecule has 18 heavy (non-hydrogen) atoms. The monoisotopic (exact) mass is 314 g/mol. The molecular formula is C11H13Cl3O4. The Bertz CT molecular complexity index is 360. The van der Waals surface area contributed by atoms with Crippen LogP contribution in [0, 0.1) is 5.92 Å². The van der Waals surface area contributed by atoms with Gasteiger partial charge in [0, 0.05) is 5.57 Å². The summed E-state index contributed by atoms with van der Waals surface area (Å²) in [5, 5.41) is 0. The van der Waals surface area contributed by atoms with Crippen LogP contribution in [0.25, 0.3) is 0 Å². The van der Waals surface area contributed by atoms with Gasteiger partial charge in [-0.05, 0) is 19.3 Å². The van der Waals surface area contributed by atoms with Gasteiger partial charge in [-0.1, -0.05) is 40.9 Å². The van der Waals surface area contributed by atoms with E-state index in [-0.39, 0.29) is 6.61 Å². The largest absolute Gasteiger partial charge is 0.466 e. The summed E-state index contributed by atoms with van der Waals surface area (Å²) in [7, 11) is 1.27. The van der Waals surface area contributed by atoms with Crippen molar-refractivity contribution in [3.05, 3.63) is 11.6 Å². The van der Waals surface area contributed by atoms with E-state index in [0.717, 1.165) is 12.8 Å². The molecule has 0 unspecified atom stereocenters. The zero-order chi connectivity index (χ0) is 13.8. The van der Waals surface area contributed by atoms with Gasteiger partial charge >= 0.3 is 11.9 Å². The Morgan fingerprint density at radius 1 is 1.44 bits per heavy atom. The zero-order valence-corrected chi connectivity index (χ0v) is 12.0. The van der Waals surface area contributed by atoms with E-state index in [4.69, 9.17) is 39.5 Å². The van der Waals surface area contributed by atoms with Crippen LogP contribution in [0.2, 0.25) is 0 Å². The molecule has 0 radical (unpaired) electrons. The number of hydrogen-bond donors (Lipinski definition) is 0. The fourth-order valence-corrected chi connectivity index (χ4v) is 1.88. The van der Waals surface area contributed by atoms with Gasteiger partial charge in [-0.2, -0.15) is 0 Å². The first-order valence-corrected chi connectivity index (χ1v) is 6.50. The highest BCUT2D eigenvalue weighted by Gasteiger charge is 2.33. The van der Waals surface area contributed by atoms with Crippen LogP contribution in [0.1, 0.15) is 19.3 Å². The molecule has 1 aliphatic carbocycles. The minimum Gasteiger partial charge on any atom is -0.466 e. The molecule has 7 heteroatoms. The minimum absolute atomic E-state index is 0.318. The number of alkyl halides is 3. The molecule has 0 amide bonds. The number of rotatable bonds is 3. The van der Waals surface area contributed by atoms with Crippen LogP contribution in [0.15, 0.2) is 11.6 Å². The minimum atomic E-state index is -1.65. The highest BCUT2D eigenvalue weighted by atomic mass is 35.6. The number of hydrogen-bond acceptors (Lipinski definition) is 4. The maximum absolute atomic E-state index is 11.8. The van der Waals surface area contributed by atoms with Crippen LogP contribution in [-0.4, -0.2) is 29.4 Å². The topological polar surface area (TPSA) is 52.6 Å². The van der Waals surface area contributed by atoms with Crippen molar-refractivity contribution in [2.75, 3.05) is 13.7 Å². The van der Waals surface area contributed by atoms with Crippen LogP contribution < -0.4 is 0 Å². The standard InChI is InChI=1S/C11H13Cl3O4/c1-17-9(15)7-4-2-3-5-8(7)10(16)18-6-11(12,13)14/h4,8H,2-3,5-6H2,1H3/t8-/m0/s1. The molecule has 0 aromatic heterocycles. The second kappa shape index (κ2) is 6.64. The summed E-state index contributed by atoms with van der Waals surface area (Å²) in [5.74, 6) is -1.73. The molecule has 0 aromatic rings. The Hall–Kier alpha value is -0.450. The van der Waals surface area contributed by atoms with Crippen LogP contribution in [0.4, 0.5) is 0 Å². The zero-order valence-electron chi connectivity index (χ0n) is 9.75. The number of methoxy groups -OCH3 is 1. The predicted octanol–water partition coefficient (Wildman–Crippen LogP) is 2.80. The van der Waals surface area contributed by atoms with Crippen LogP contribution in [0.5, 0.6) is 0 Å². The van der Waals surface area contributed by atoms with E-state index < -0.39 is 21.6 Å². The van der Waals surface area contributed by atoms with E-state index in [1.807, 2.05) is 0 Å². The van der Waals surface area contributed by atoms with Gasteiger partial charge in [0.2, 0.25) is 3.79 Å². The van der Waals surface area contributed by atoms with Gasteiger partial charge in [0.15, 0.2) is 0 Å². The fraction of sp³-hybridized carbons (Fsp3) is 0.636. The summed E-state index contributed by atoms with van der Waals surface area (Å²) in [4.78, 5) is 23.3. The summed E-state index contributed by atoms with van der Waals surface area (Å²) < 4.78 is 7.86. The van der Waals surface area contributed by atoms with Crippen LogP contribution >= 0.6 is 34.8 Å². The Morgan fingerprint density at radius 2 is 2.11 bits per heavy atom. The first-order chi connectivity index (χ1) is 8.35. The Morgan fingerprint density at radius 3 is 2.67 bits per heavy atom. The Balaban J connectivity index is 2.68. The number of carbonyl (C=O) groups excluding carboxylic acids is 2. The van der Waals surface area contributed by atoms with Gasteiger partial charge in [-0.3, -0.25) is 4.79 Å². The second-order valence-electron chi connectivity index (χ2n) is 3.86. The molecular weight excluding hydrogens is 302 g/mol. The smallest absolute Gasteiger partial charge is 0.334 e. The third-order valence-electron chi connectivity index (χ3n) is 2.52. The van der Waals surface area contributed by atoms with E-state index in [0.29, 0.717) is 12.0 Å². The summed E-state index contributed by atoms with van der Waals surface area (Å²) in [6.07, 6.45) is 3.75. The SMILES string of the molecule is COC(=O)C1=CCCC[C@@H]1C(=O)OCC(Cl)(Cl)Cl. The maximum Gasteiger partial charge on any atom is 0.334 e. The Kier molecular flexibility index (Phi) is 5.76. The lowest BCUT2D eigenvalue weighted by molar-refractivity contribution is -0.150. The summed E-state index contributed by atoms with van der Waals surface area (Å²) in [6, 6.07) is 0. The van der Waals surface area contributed by atoms with Crippen molar-refractivity contribution in [1.82, 2.24) is 0 Å². The average Bonchev–Trinajstić information content (AvgIpc) is 2.34. The first kappa shape index (κ1) is 15.6. The third-order valence-corrected chi connectivity index (χ3v) is 2.85. The van der Waals surface area contributed by atoms with Crippen molar-refractivity contribution in [1.29, 1.82) is 0 Å². The first-order valence-electron chi connectivity index (χ1n) is 5.37. The normalized spacial score (nSPS) is 20.0. The lowest BCUT2D eigenvalue weighted by Crippen LogP contribution is -2.29. The second-order valence-corrected chi connectivity index (χ2v) is 6.37. The summed E-state index contributed by atoms with van der Waals surface area (Å²) >= 11 is 16.5. The molecule has 0 fully saturated rings. The highest BCUT2D eigenvalue weighted by Crippen LogP contribution is 2.30. The number of allylic oxidation sites excluding steroid dienone is 1. The fourth-order valence-electron chi connectivity index (χ4n) is 1.72. The number of halogens is 3. The molecule has 0 spiro atoms. The molecule has 102 valence electrons. The molecule has 1 rings (SSSR count). The summed E-state index contributed by atoms with van der Waals surface area (Å²) in [5.41, 5.74) is 0.318. The van der Waals surface area contributed by atoms with Crippen molar-refractivity contribution in [3.63, 3.8) is 0 Å². The average molecular weight is 316 g/mol. The van der Waals surface area contributed by atoms with Crippen molar-refractivity contribution in [2.45, 2.75) is 23.1 Å². The molecule has 4 nitrogen and oxygen atoms in total.